The minimum absolute atomic E-state index is 0.271. The largest absolute Gasteiger partial charge is 0.407 e. The molecule has 94 valence electrons. The summed E-state index contributed by atoms with van der Waals surface area (Å²) in [5.41, 5.74) is 0.997. The molecule has 1 aliphatic rings. The van der Waals surface area contributed by atoms with Crippen LogP contribution in [0.25, 0.3) is 6.08 Å². The number of benzene rings is 1. The first-order chi connectivity index (χ1) is 8.69. The Labute approximate surface area is 105 Å². The van der Waals surface area contributed by atoms with E-state index in [1.165, 1.54) is 12.1 Å². The molecule has 0 aromatic heterocycles. The number of ether oxygens (including phenoxy) is 1. The third-order valence-corrected chi connectivity index (χ3v) is 2.58. The minimum Gasteiger partial charge on any atom is -0.407 e. The fourth-order valence-corrected chi connectivity index (χ4v) is 1.61. The molecule has 0 fully saturated rings. The SMILES string of the molecule is CCCCC1=N/C(=C\c2ccc(F)cc2)C(=O)O1. The molecule has 18 heavy (non-hydrogen) atoms. The van der Waals surface area contributed by atoms with Crippen molar-refractivity contribution >= 4 is 17.9 Å². The molecule has 0 radical (unpaired) electrons. The maximum Gasteiger partial charge on any atom is 0.363 e. The van der Waals surface area contributed by atoms with Gasteiger partial charge in [-0.15, -0.1) is 0 Å². The van der Waals surface area contributed by atoms with Gasteiger partial charge in [-0.2, -0.15) is 0 Å². The van der Waals surface area contributed by atoms with Crippen LogP contribution in [0.15, 0.2) is 35.0 Å². The molecule has 1 aromatic carbocycles. The Kier molecular flexibility index (Phi) is 3.87. The van der Waals surface area contributed by atoms with Crippen molar-refractivity contribution in [1.29, 1.82) is 0 Å². The highest BCUT2D eigenvalue weighted by molar-refractivity contribution is 6.07. The predicted molar refractivity (Wildman–Crippen MR) is 67.4 cm³/mol. The van der Waals surface area contributed by atoms with Gasteiger partial charge >= 0.3 is 5.97 Å². The highest BCUT2D eigenvalue weighted by atomic mass is 19.1. The van der Waals surface area contributed by atoms with E-state index in [0.29, 0.717) is 12.3 Å². The standard InChI is InChI=1S/C14H14FNO2/c1-2-3-4-13-16-12(14(17)18-13)9-10-5-7-11(15)8-6-10/h5-9H,2-4H2,1H3/b12-9-. The van der Waals surface area contributed by atoms with Crippen molar-refractivity contribution in [2.75, 3.05) is 0 Å². The third-order valence-electron chi connectivity index (χ3n) is 2.58. The van der Waals surface area contributed by atoms with Crippen LogP contribution in [0.2, 0.25) is 0 Å². The first-order valence-corrected chi connectivity index (χ1v) is 5.96. The number of halogens is 1. The molecular weight excluding hydrogens is 233 g/mol. The summed E-state index contributed by atoms with van der Waals surface area (Å²) in [7, 11) is 0. The molecule has 0 atom stereocenters. The van der Waals surface area contributed by atoms with Gasteiger partial charge in [0.05, 0.1) is 0 Å². The number of nitrogens with zero attached hydrogens (tertiary/aromatic N) is 1. The number of hydrogen-bond donors (Lipinski definition) is 0. The monoisotopic (exact) mass is 247 g/mol. The lowest BCUT2D eigenvalue weighted by Gasteiger charge is -1.95. The Morgan fingerprint density at radius 2 is 2.06 bits per heavy atom. The molecule has 0 saturated carbocycles. The van der Waals surface area contributed by atoms with Gasteiger partial charge in [0.1, 0.15) is 5.82 Å². The molecule has 4 heteroatoms. The number of aliphatic imine (C=N–C) groups is 1. The molecule has 0 spiro atoms. The number of unbranched alkanes of at least 4 members (excludes halogenated alkanes) is 1. The lowest BCUT2D eigenvalue weighted by molar-refractivity contribution is -0.130. The van der Waals surface area contributed by atoms with Gasteiger partial charge in [-0.3, -0.25) is 0 Å². The minimum atomic E-state index is -0.439. The summed E-state index contributed by atoms with van der Waals surface area (Å²) in [5, 5.41) is 0. The van der Waals surface area contributed by atoms with Gasteiger partial charge in [-0.25, -0.2) is 14.2 Å². The normalized spacial score (nSPS) is 16.9. The summed E-state index contributed by atoms with van der Waals surface area (Å²) < 4.78 is 17.8. The zero-order valence-electron chi connectivity index (χ0n) is 10.1. The van der Waals surface area contributed by atoms with E-state index in [0.717, 1.165) is 18.4 Å². The summed E-state index contributed by atoms with van der Waals surface area (Å²) in [6, 6.07) is 5.87. The summed E-state index contributed by atoms with van der Waals surface area (Å²) in [6.07, 6.45) is 4.23. The van der Waals surface area contributed by atoms with E-state index in [4.69, 9.17) is 4.74 Å². The number of carbonyl (C=O) groups is 1. The number of hydrogen-bond acceptors (Lipinski definition) is 3. The maximum atomic E-state index is 12.7. The van der Waals surface area contributed by atoms with Crippen LogP contribution >= 0.6 is 0 Å². The molecular formula is C14H14FNO2. The maximum absolute atomic E-state index is 12.7. The van der Waals surface area contributed by atoms with E-state index < -0.39 is 5.97 Å². The van der Waals surface area contributed by atoms with E-state index in [-0.39, 0.29) is 11.5 Å². The number of rotatable bonds is 4. The van der Waals surface area contributed by atoms with Gasteiger partial charge in [-0.1, -0.05) is 25.5 Å². The summed E-state index contributed by atoms with van der Waals surface area (Å²) >= 11 is 0. The van der Waals surface area contributed by atoms with Crippen LogP contribution < -0.4 is 0 Å². The van der Waals surface area contributed by atoms with Gasteiger partial charge in [-0.05, 0) is 30.2 Å². The Hall–Kier alpha value is -1.97. The molecule has 0 aliphatic carbocycles. The predicted octanol–water partition coefficient (Wildman–Crippen LogP) is 3.31. The van der Waals surface area contributed by atoms with Gasteiger partial charge in [0.15, 0.2) is 11.6 Å². The van der Waals surface area contributed by atoms with Crippen molar-refractivity contribution in [2.45, 2.75) is 26.2 Å². The number of carbonyl (C=O) groups excluding carboxylic acids is 1. The number of cyclic esters (lactones) is 1. The average molecular weight is 247 g/mol. The highest BCUT2D eigenvalue weighted by Crippen LogP contribution is 2.17. The zero-order chi connectivity index (χ0) is 13.0. The molecule has 1 aliphatic heterocycles. The van der Waals surface area contributed by atoms with Crippen molar-refractivity contribution < 1.29 is 13.9 Å². The second-order valence-corrected chi connectivity index (χ2v) is 4.08. The fourth-order valence-electron chi connectivity index (χ4n) is 1.61. The molecule has 0 unspecified atom stereocenters. The van der Waals surface area contributed by atoms with Crippen molar-refractivity contribution in [3.05, 3.63) is 41.3 Å². The Balaban J connectivity index is 2.14. The molecule has 0 saturated heterocycles. The van der Waals surface area contributed by atoms with Crippen molar-refractivity contribution in [2.24, 2.45) is 4.99 Å². The van der Waals surface area contributed by atoms with Crippen molar-refractivity contribution in [3.63, 3.8) is 0 Å². The van der Waals surface area contributed by atoms with Crippen molar-refractivity contribution in [3.8, 4) is 0 Å². The van der Waals surface area contributed by atoms with Crippen molar-refractivity contribution in [1.82, 2.24) is 0 Å². The second kappa shape index (κ2) is 5.58. The Morgan fingerprint density at radius 1 is 1.33 bits per heavy atom. The van der Waals surface area contributed by atoms with Gasteiger partial charge in [0.2, 0.25) is 0 Å². The van der Waals surface area contributed by atoms with E-state index in [9.17, 15) is 9.18 Å². The molecule has 0 bridgehead atoms. The highest BCUT2D eigenvalue weighted by Gasteiger charge is 2.22. The van der Waals surface area contributed by atoms with E-state index in [1.54, 1.807) is 18.2 Å². The van der Waals surface area contributed by atoms with Crippen LogP contribution in [-0.2, 0) is 9.53 Å². The van der Waals surface area contributed by atoms with Gasteiger partial charge < -0.3 is 4.74 Å². The first kappa shape index (κ1) is 12.5. The van der Waals surface area contributed by atoms with Crippen LogP contribution in [0.5, 0.6) is 0 Å². The molecule has 0 amide bonds. The topological polar surface area (TPSA) is 38.7 Å². The average Bonchev–Trinajstić information content (AvgIpc) is 2.70. The lowest BCUT2D eigenvalue weighted by Crippen LogP contribution is -2.03. The molecule has 1 heterocycles. The van der Waals surface area contributed by atoms with E-state index >= 15 is 0 Å². The van der Waals surface area contributed by atoms with Crippen LogP contribution in [0.1, 0.15) is 31.7 Å². The van der Waals surface area contributed by atoms with Crippen LogP contribution in [0.3, 0.4) is 0 Å². The molecule has 0 N–H and O–H groups in total. The lowest BCUT2D eigenvalue weighted by atomic mass is 10.2. The summed E-state index contributed by atoms with van der Waals surface area (Å²) in [5.74, 6) is -0.279. The van der Waals surface area contributed by atoms with E-state index in [2.05, 4.69) is 11.9 Å². The first-order valence-electron chi connectivity index (χ1n) is 5.96. The van der Waals surface area contributed by atoms with Crippen LogP contribution in [0, 0.1) is 5.82 Å². The summed E-state index contributed by atoms with van der Waals surface area (Å²) in [4.78, 5) is 15.7. The molecule has 3 nitrogen and oxygen atoms in total. The molecule has 1 aromatic rings. The molecule has 2 rings (SSSR count). The van der Waals surface area contributed by atoms with Gasteiger partial charge in [0, 0.05) is 6.42 Å². The summed E-state index contributed by atoms with van der Waals surface area (Å²) in [6.45, 7) is 2.06. The number of esters is 1. The van der Waals surface area contributed by atoms with Crippen LogP contribution in [0.4, 0.5) is 4.39 Å². The zero-order valence-corrected chi connectivity index (χ0v) is 10.1. The smallest absolute Gasteiger partial charge is 0.363 e. The van der Waals surface area contributed by atoms with E-state index in [1.807, 2.05) is 0 Å². The Bertz CT molecular complexity index is 503. The third kappa shape index (κ3) is 3.03. The fraction of sp³-hybridized carbons (Fsp3) is 0.286. The van der Waals surface area contributed by atoms with Gasteiger partial charge in [0.25, 0.3) is 0 Å². The Morgan fingerprint density at radius 3 is 2.72 bits per heavy atom. The van der Waals surface area contributed by atoms with Crippen LogP contribution in [-0.4, -0.2) is 11.9 Å². The quantitative estimate of drug-likeness (QED) is 0.604. The second-order valence-electron chi connectivity index (χ2n) is 4.08.